The summed E-state index contributed by atoms with van der Waals surface area (Å²) >= 11 is 0. The molecule has 0 bridgehead atoms. The zero-order valence-electron chi connectivity index (χ0n) is 14.5. The van der Waals surface area contributed by atoms with Gasteiger partial charge in [0.25, 0.3) is 0 Å². The molecule has 1 aromatic carbocycles. The molecule has 1 aliphatic carbocycles. The average Bonchev–Trinajstić information content (AvgIpc) is 2.45. The van der Waals surface area contributed by atoms with E-state index in [1.54, 1.807) is 5.57 Å². The first-order chi connectivity index (χ1) is 9.99. The van der Waals surface area contributed by atoms with Crippen LogP contribution in [0.4, 0.5) is 0 Å². The van der Waals surface area contributed by atoms with E-state index in [4.69, 9.17) is 0 Å². The van der Waals surface area contributed by atoms with Crippen LogP contribution in [0.25, 0.3) is 0 Å². The molecule has 0 aromatic heterocycles. The number of rotatable bonds is 4. The van der Waals surface area contributed by atoms with Crippen LogP contribution in [0.1, 0.15) is 65.4 Å². The zero-order chi connectivity index (χ0) is 15.4. The smallest absolute Gasteiger partial charge is 0.00437 e. The predicted molar refractivity (Wildman–Crippen MR) is 93.4 cm³/mol. The Balaban J connectivity index is 2.31. The van der Waals surface area contributed by atoms with Crippen molar-refractivity contribution in [2.24, 2.45) is 23.7 Å². The normalized spacial score (nSPS) is 26.5. The lowest BCUT2D eigenvalue weighted by molar-refractivity contribution is 0.305. The van der Waals surface area contributed by atoms with Gasteiger partial charge in [-0.25, -0.2) is 0 Å². The Kier molecular flexibility index (Phi) is 5.67. The molecule has 116 valence electrons. The maximum Gasteiger partial charge on any atom is 0.00437 e. The third-order valence-electron chi connectivity index (χ3n) is 5.13. The van der Waals surface area contributed by atoms with Crippen molar-refractivity contribution in [1.29, 1.82) is 0 Å². The van der Waals surface area contributed by atoms with Crippen LogP contribution in [-0.2, 0) is 0 Å². The standard InChI is InChI=1S/C21H32/c1-15(2)20-12-11-17(5)13-19(20)14-21(16(3)4)18-9-7-6-8-10-18/h6-10,14-17,20-21H,11-13H2,1-5H3/b19-14+/t17-,20+,21+/m1/s1. The lowest BCUT2D eigenvalue weighted by Crippen LogP contribution is -2.21. The lowest BCUT2D eigenvalue weighted by Gasteiger charge is -2.34. The van der Waals surface area contributed by atoms with Crippen molar-refractivity contribution in [3.8, 4) is 0 Å². The van der Waals surface area contributed by atoms with Gasteiger partial charge in [0.1, 0.15) is 0 Å². The van der Waals surface area contributed by atoms with Crippen LogP contribution in [0.15, 0.2) is 42.0 Å². The number of hydrogen-bond donors (Lipinski definition) is 0. The first-order valence-corrected chi connectivity index (χ1v) is 8.74. The van der Waals surface area contributed by atoms with Gasteiger partial charge in [0.15, 0.2) is 0 Å². The summed E-state index contributed by atoms with van der Waals surface area (Å²) in [6.45, 7) is 11.9. The van der Waals surface area contributed by atoms with E-state index in [0.717, 1.165) is 17.8 Å². The monoisotopic (exact) mass is 284 g/mol. The van der Waals surface area contributed by atoms with Crippen LogP contribution in [0.2, 0.25) is 0 Å². The van der Waals surface area contributed by atoms with Crippen LogP contribution in [-0.4, -0.2) is 0 Å². The van der Waals surface area contributed by atoms with Crippen LogP contribution < -0.4 is 0 Å². The van der Waals surface area contributed by atoms with Gasteiger partial charge in [-0.15, -0.1) is 0 Å². The Morgan fingerprint density at radius 2 is 1.67 bits per heavy atom. The molecule has 1 aliphatic rings. The minimum atomic E-state index is 0.563. The largest absolute Gasteiger partial charge is 0.0772 e. The maximum absolute atomic E-state index is 2.63. The predicted octanol–water partition coefficient (Wildman–Crippen LogP) is 6.44. The summed E-state index contributed by atoms with van der Waals surface area (Å²) in [6.07, 6.45) is 6.71. The summed E-state index contributed by atoms with van der Waals surface area (Å²) in [4.78, 5) is 0. The van der Waals surface area contributed by atoms with Crippen LogP contribution in [0.3, 0.4) is 0 Å². The van der Waals surface area contributed by atoms with Gasteiger partial charge < -0.3 is 0 Å². The van der Waals surface area contributed by atoms with Crippen molar-refractivity contribution < 1.29 is 0 Å². The Hall–Kier alpha value is -1.04. The van der Waals surface area contributed by atoms with Crippen molar-refractivity contribution in [2.75, 3.05) is 0 Å². The van der Waals surface area contributed by atoms with Crippen molar-refractivity contribution in [2.45, 2.75) is 59.8 Å². The Bertz CT molecular complexity index is 452. The molecule has 21 heavy (non-hydrogen) atoms. The molecular formula is C21H32. The van der Waals surface area contributed by atoms with Crippen molar-refractivity contribution >= 4 is 0 Å². The molecule has 0 heterocycles. The quantitative estimate of drug-likeness (QED) is 0.558. The first-order valence-electron chi connectivity index (χ1n) is 8.74. The fourth-order valence-corrected chi connectivity index (χ4v) is 3.84. The Morgan fingerprint density at radius 1 is 1.00 bits per heavy atom. The number of benzene rings is 1. The molecule has 0 unspecified atom stereocenters. The molecule has 3 atom stereocenters. The summed E-state index contributed by atoms with van der Waals surface area (Å²) in [6, 6.07) is 11.0. The third kappa shape index (κ3) is 4.22. The molecule has 0 nitrogen and oxygen atoms in total. The van der Waals surface area contributed by atoms with Gasteiger partial charge in [-0.1, -0.05) is 76.6 Å². The van der Waals surface area contributed by atoms with E-state index in [-0.39, 0.29) is 0 Å². The van der Waals surface area contributed by atoms with E-state index in [2.05, 4.69) is 71.0 Å². The molecular weight excluding hydrogens is 252 g/mol. The van der Waals surface area contributed by atoms with Gasteiger partial charge in [0.05, 0.1) is 0 Å². The van der Waals surface area contributed by atoms with E-state index >= 15 is 0 Å². The fraction of sp³-hybridized carbons (Fsp3) is 0.619. The van der Waals surface area contributed by atoms with Crippen molar-refractivity contribution in [3.63, 3.8) is 0 Å². The highest BCUT2D eigenvalue weighted by atomic mass is 14.3. The second-order valence-electron chi connectivity index (χ2n) is 7.66. The first kappa shape index (κ1) is 16.3. The SMILES string of the molecule is CC(C)[C@@H]1CC[C@@H](C)C/C1=C\[C@H](c1ccccc1)C(C)C. The lowest BCUT2D eigenvalue weighted by atomic mass is 9.72. The molecule has 0 radical (unpaired) electrons. The zero-order valence-corrected chi connectivity index (χ0v) is 14.5. The van der Waals surface area contributed by atoms with Crippen LogP contribution >= 0.6 is 0 Å². The van der Waals surface area contributed by atoms with E-state index in [1.165, 1.54) is 24.8 Å². The Morgan fingerprint density at radius 3 is 2.24 bits per heavy atom. The van der Waals surface area contributed by atoms with Crippen LogP contribution in [0, 0.1) is 23.7 Å². The molecule has 0 N–H and O–H groups in total. The van der Waals surface area contributed by atoms with Gasteiger partial charge in [-0.05, 0) is 48.5 Å². The maximum atomic E-state index is 2.63. The number of hydrogen-bond acceptors (Lipinski definition) is 0. The number of allylic oxidation sites excluding steroid dienone is 2. The highest BCUT2D eigenvalue weighted by Gasteiger charge is 2.27. The second kappa shape index (κ2) is 7.29. The molecule has 0 amide bonds. The van der Waals surface area contributed by atoms with E-state index in [1.807, 2.05) is 0 Å². The van der Waals surface area contributed by atoms with Crippen LogP contribution in [0.5, 0.6) is 0 Å². The van der Waals surface area contributed by atoms with E-state index in [9.17, 15) is 0 Å². The van der Waals surface area contributed by atoms with Gasteiger partial charge in [-0.3, -0.25) is 0 Å². The molecule has 0 spiro atoms. The summed E-state index contributed by atoms with van der Waals surface area (Å²) < 4.78 is 0. The molecule has 0 saturated heterocycles. The van der Waals surface area contributed by atoms with Crippen molar-refractivity contribution in [1.82, 2.24) is 0 Å². The molecule has 1 aromatic rings. The summed E-state index contributed by atoms with van der Waals surface area (Å²) in [7, 11) is 0. The highest BCUT2D eigenvalue weighted by Crippen LogP contribution is 2.40. The van der Waals surface area contributed by atoms with E-state index in [0.29, 0.717) is 11.8 Å². The van der Waals surface area contributed by atoms with E-state index < -0.39 is 0 Å². The fourth-order valence-electron chi connectivity index (χ4n) is 3.84. The highest BCUT2D eigenvalue weighted by molar-refractivity contribution is 5.27. The van der Waals surface area contributed by atoms with Gasteiger partial charge >= 0.3 is 0 Å². The molecule has 1 fully saturated rings. The summed E-state index contributed by atoms with van der Waals surface area (Å²) in [5.74, 6) is 3.64. The average molecular weight is 284 g/mol. The van der Waals surface area contributed by atoms with Gasteiger partial charge in [0, 0.05) is 5.92 Å². The molecule has 0 aliphatic heterocycles. The van der Waals surface area contributed by atoms with Gasteiger partial charge in [-0.2, -0.15) is 0 Å². The van der Waals surface area contributed by atoms with Gasteiger partial charge in [0.2, 0.25) is 0 Å². The molecule has 2 rings (SSSR count). The molecule has 0 heteroatoms. The summed E-state index contributed by atoms with van der Waals surface area (Å²) in [5, 5.41) is 0. The third-order valence-corrected chi connectivity index (χ3v) is 5.13. The minimum absolute atomic E-state index is 0.563. The summed E-state index contributed by atoms with van der Waals surface area (Å²) in [5.41, 5.74) is 3.20. The minimum Gasteiger partial charge on any atom is -0.0772 e. The van der Waals surface area contributed by atoms with Crippen molar-refractivity contribution in [3.05, 3.63) is 47.5 Å². The topological polar surface area (TPSA) is 0 Å². The molecule has 1 saturated carbocycles. The second-order valence-corrected chi connectivity index (χ2v) is 7.66. The Labute approximate surface area is 131 Å².